The predicted octanol–water partition coefficient (Wildman–Crippen LogP) is 3.59. The van der Waals surface area contributed by atoms with E-state index in [2.05, 4.69) is 33.0 Å². The fourth-order valence-electron chi connectivity index (χ4n) is 10.3. The minimum Gasteiger partial charge on any atom is -0.469 e. The summed E-state index contributed by atoms with van der Waals surface area (Å²) in [5.41, 5.74) is 1.79. The highest BCUT2D eigenvalue weighted by molar-refractivity contribution is 5.91. The molecule has 10 nitrogen and oxygen atoms in total. The molecule has 240 valence electrons. The average Bonchev–Trinajstić information content (AvgIpc) is 3.72. The lowest BCUT2D eigenvalue weighted by Crippen LogP contribution is -2.71. The number of ether oxygens (including phenoxy) is 5. The van der Waals surface area contributed by atoms with Crippen molar-refractivity contribution >= 4 is 23.8 Å². The Balaban J connectivity index is 1.54. The summed E-state index contributed by atoms with van der Waals surface area (Å²) >= 11 is 0. The fourth-order valence-corrected chi connectivity index (χ4v) is 10.3. The van der Waals surface area contributed by atoms with Crippen LogP contribution in [0.2, 0.25) is 0 Å². The first kappa shape index (κ1) is 31.0. The molecule has 4 fully saturated rings. The first-order valence-corrected chi connectivity index (χ1v) is 15.8. The average molecular weight is 612 g/mol. The zero-order valence-electron chi connectivity index (χ0n) is 27.0. The fraction of sp³-hybridized carbons (Fsp3) is 0.706. The van der Waals surface area contributed by atoms with Crippen molar-refractivity contribution in [2.75, 3.05) is 20.3 Å². The standard InChI is InChI=1S/C34H45NO9/c1-9-16(2)31(39)44-24-13-23(42-18(4)36)32(5)15-41-28-29(32)33(24,6)22(12-26(38)40-8)34(7)27-17(3)20(11-21(27)43-30(28)34)19-10-25(37)35-14-19/h9-10,20-24,28-30H,11-15H2,1-8H3,(H,35,37)/b16-9+/t20-,21-,22-,23-,24+,28-,29+,30-,32-,33+,34-/m1/s1. The number of hydrogen-bond acceptors (Lipinski definition) is 9. The molecule has 0 radical (unpaired) electrons. The van der Waals surface area contributed by atoms with Crippen LogP contribution in [0.1, 0.15) is 67.7 Å². The molecule has 1 N–H and O–H groups in total. The molecule has 0 aromatic heterocycles. The minimum absolute atomic E-state index is 0.0523. The van der Waals surface area contributed by atoms with Gasteiger partial charge in [-0.3, -0.25) is 14.4 Å². The van der Waals surface area contributed by atoms with Crippen LogP contribution in [-0.2, 0) is 42.9 Å². The lowest BCUT2D eigenvalue weighted by molar-refractivity contribution is -0.251. The molecule has 44 heavy (non-hydrogen) atoms. The third-order valence-corrected chi connectivity index (χ3v) is 12.3. The Morgan fingerprint density at radius 3 is 2.45 bits per heavy atom. The molecule has 0 bridgehead atoms. The highest BCUT2D eigenvalue weighted by Gasteiger charge is 2.78. The SMILES string of the molecule is C/C=C(\C)C(=O)O[C@H]1C[C@@H](OC(C)=O)[C@@]2(C)CO[C@H]3[C@H]4O[C@@H]5C[C@@H](C6=CC(=O)NC6)C(C)=C5[C@@]4(C)[C@H](CC(=O)OC)[C@]1(C)[C@@H]32. The zero-order chi connectivity index (χ0) is 31.9. The molecule has 6 aliphatic rings. The van der Waals surface area contributed by atoms with Crippen LogP contribution in [0.15, 0.2) is 34.4 Å². The Labute approximate surface area is 258 Å². The van der Waals surface area contributed by atoms with Crippen molar-refractivity contribution in [2.24, 2.45) is 34.0 Å². The van der Waals surface area contributed by atoms with Gasteiger partial charge in [-0.25, -0.2) is 4.79 Å². The Morgan fingerprint density at radius 2 is 1.84 bits per heavy atom. The molecule has 6 rings (SSSR count). The Bertz CT molecular complexity index is 1400. The number of nitrogens with one attached hydrogen (secondary N) is 1. The van der Waals surface area contributed by atoms with E-state index in [0.717, 1.165) is 16.7 Å². The van der Waals surface area contributed by atoms with Crippen LogP contribution in [0.3, 0.4) is 0 Å². The summed E-state index contributed by atoms with van der Waals surface area (Å²) in [5.74, 6) is -1.83. The van der Waals surface area contributed by atoms with Crippen molar-refractivity contribution in [1.29, 1.82) is 0 Å². The van der Waals surface area contributed by atoms with E-state index in [9.17, 15) is 19.2 Å². The van der Waals surface area contributed by atoms with Crippen LogP contribution in [-0.4, -0.2) is 74.6 Å². The molecule has 2 saturated heterocycles. The van der Waals surface area contributed by atoms with Crippen molar-refractivity contribution in [2.45, 2.75) is 98.2 Å². The van der Waals surface area contributed by atoms with Crippen LogP contribution < -0.4 is 5.32 Å². The van der Waals surface area contributed by atoms with Gasteiger partial charge in [-0.05, 0) is 44.3 Å². The van der Waals surface area contributed by atoms with Crippen LogP contribution in [0.5, 0.6) is 0 Å². The van der Waals surface area contributed by atoms with Gasteiger partial charge in [-0.15, -0.1) is 0 Å². The lowest BCUT2D eigenvalue weighted by Gasteiger charge is -2.65. The summed E-state index contributed by atoms with van der Waals surface area (Å²) in [6, 6.07) is 0. The van der Waals surface area contributed by atoms with Gasteiger partial charge in [-0.1, -0.05) is 32.4 Å². The summed E-state index contributed by atoms with van der Waals surface area (Å²) in [6.07, 6.45) is 2.29. The van der Waals surface area contributed by atoms with E-state index in [-0.39, 0.29) is 60.8 Å². The normalized spacial score (nSPS) is 44.0. The second-order valence-electron chi connectivity index (χ2n) is 14.3. The van der Waals surface area contributed by atoms with Crippen molar-refractivity contribution in [3.63, 3.8) is 0 Å². The Morgan fingerprint density at radius 1 is 1.11 bits per heavy atom. The maximum Gasteiger partial charge on any atom is 0.333 e. The highest BCUT2D eigenvalue weighted by atomic mass is 16.6. The molecule has 3 aliphatic carbocycles. The largest absolute Gasteiger partial charge is 0.469 e. The molecule has 1 amide bonds. The Hall–Kier alpha value is -2.98. The second kappa shape index (κ2) is 10.5. The van der Waals surface area contributed by atoms with Crippen molar-refractivity contribution in [1.82, 2.24) is 5.32 Å². The topological polar surface area (TPSA) is 126 Å². The van der Waals surface area contributed by atoms with Gasteiger partial charge in [0.1, 0.15) is 12.2 Å². The summed E-state index contributed by atoms with van der Waals surface area (Å²) in [6.45, 7) is 14.3. The maximum absolute atomic E-state index is 13.4. The highest BCUT2D eigenvalue weighted by Crippen LogP contribution is 2.73. The van der Waals surface area contributed by atoms with Gasteiger partial charge in [0, 0.05) is 66.0 Å². The van der Waals surface area contributed by atoms with E-state index in [0.29, 0.717) is 25.1 Å². The number of rotatable bonds is 6. The smallest absolute Gasteiger partial charge is 0.333 e. The molecular weight excluding hydrogens is 566 g/mol. The van der Waals surface area contributed by atoms with E-state index in [4.69, 9.17) is 23.7 Å². The van der Waals surface area contributed by atoms with E-state index in [1.165, 1.54) is 14.0 Å². The van der Waals surface area contributed by atoms with Crippen molar-refractivity contribution in [3.8, 4) is 0 Å². The summed E-state index contributed by atoms with van der Waals surface area (Å²) in [5, 5.41) is 2.90. The molecule has 10 heteroatoms. The van der Waals surface area contributed by atoms with Crippen LogP contribution in [0, 0.1) is 34.0 Å². The molecule has 3 aliphatic heterocycles. The first-order valence-electron chi connectivity index (χ1n) is 15.8. The summed E-state index contributed by atoms with van der Waals surface area (Å²) in [7, 11) is 1.39. The van der Waals surface area contributed by atoms with Gasteiger partial charge < -0.3 is 29.0 Å². The lowest BCUT2D eigenvalue weighted by atomic mass is 9.40. The van der Waals surface area contributed by atoms with E-state index >= 15 is 0 Å². The monoisotopic (exact) mass is 611 g/mol. The van der Waals surface area contributed by atoms with Crippen LogP contribution >= 0.6 is 0 Å². The number of carbonyl (C=O) groups is 4. The van der Waals surface area contributed by atoms with Gasteiger partial charge >= 0.3 is 17.9 Å². The van der Waals surface area contributed by atoms with E-state index < -0.39 is 40.4 Å². The van der Waals surface area contributed by atoms with Crippen LogP contribution in [0.25, 0.3) is 0 Å². The summed E-state index contributed by atoms with van der Waals surface area (Å²) < 4.78 is 31.3. The number of methoxy groups -OCH3 is 1. The molecule has 0 aromatic carbocycles. The number of esters is 3. The molecule has 0 spiro atoms. The molecule has 0 unspecified atom stereocenters. The van der Waals surface area contributed by atoms with Gasteiger partial charge in [-0.2, -0.15) is 0 Å². The molecule has 3 heterocycles. The number of allylic oxidation sites excluding steroid dienone is 2. The minimum atomic E-state index is -0.774. The van der Waals surface area contributed by atoms with Gasteiger partial charge in [0.2, 0.25) is 5.91 Å². The van der Waals surface area contributed by atoms with Gasteiger partial charge in [0.05, 0.1) is 32.0 Å². The number of amides is 1. The van der Waals surface area contributed by atoms with Crippen molar-refractivity contribution < 1.29 is 42.9 Å². The van der Waals surface area contributed by atoms with Crippen LogP contribution in [0.4, 0.5) is 0 Å². The van der Waals surface area contributed by atoms with Gasteiger partial charge in [0.25, 0.3) is 0 Å². The molecule has 0 aromatic rings. The summed E-state index contributed by atoms with van der Waals surface area (Å²) in [4.78, 5) is 51.2. The number of fused-ring (bicyclic) bond motifs is 4. The number of hydrogen-bond donors (Lipinski definition) is 1. The second-order valence-corrected chi connectivity index (χ2v) is 14.3. The third-order valence-electron chi connectivity index (χ3n) is 12.3. The first-order chi connectivity index (χ1) is 20.7. The third kappa shape index (κ3) is 4.19. The van der Waals surface area contributed by atoms with E-state index in [1.54, 1.807) is 26.0 Å². The quantitative estimate of drug-likeness (QED) is 0.208. The maximum atomic E-state index is 13.4. The number of carbonyl (C=O) groups excluding carboxylic acids is 4. The van der Waals surface area contributed by atoms with Gasteiger partial charge in [0.15, 0.2) is 0 Å². The molecular formula is C34H45NO9. The molecule has 11 atom stereocenters. The van der Waals surface area contributed by atoms with E-state index in [1.807, 2.05) is 0 Å². The predicted molar refractivity (Wildman–Crippen MR) is 158 cm³/mol. The molecule has 2 saturated carbocycles. The van der Waals surface area contributed by atoms with Crippen molar-refractivity contribution in [3.05, 3.63) is 34.4 Å². The Kier molecular flexibility index (Phi) is 7.43. The zero-order valence-corrected chi connectivity index (χ0v) is 27.0.